The second-order valence-corrected chi connectivity index (χ2v) is 5.48. The van der Waals surface area contributed by atoms with Gasteiger partial charge in [-0.2, -0.15) is 5.10 Å². The molecule has 0 saturated heterocycles. The molecule has 0 saturated carbocycles. The van der Waals surface area contributed by atoms with Crippen LogP contribution >= 0.6 is 23.7 Å². The summed E-state index contributed by atoms with van der Waals surface area (Å²) < 4.78 is 1.73. The molecule has 1 aliphatic carbocycles. The summed E-state index contributed by atoms with van der Waals surface area (Å²) in [5.41, 5.74) is 8.17. The van der Waals surface area contributed by atoms with E-state index in [1.54, 1.807) is 10.1 Å². The molecule has 108 valence electrons. The minimum absolute atomic E-state index is 0. The summed E-state index contributed by atoms with van der Waals surface area (Å²) in [6.07, 6.45) is 3.08. The van der Waals surface area contributed by atoms with Crippen molar-refractivity contribution in [2.24, 2.45) is 12.8 Å². The molecule has 0 spiro atoms. The molecule has 1 amide bonds. The summed E-state index contributed by atoms with van der Waals surface area (Å²) in [6.45, 7) is 0.360. The van der Waals surface area contributed by atoms with Gasteiger partial charge in [0.15, 0.2) is 0 Å². The highest BCUT2D eigenvalue weighted by Crippen LogP contribution is 2.28. The lowest BCUT2D eigenvalue weighted by molar-refractivity contribution is 0.102. The number of hydrogen-bond acceptors (Lipinski definition) is 5. The van der Waals surface area contributed by atoms with Crippen LogP contribution in [0.15, 0.2) is 5.38 Å². The fourth-order valence-electron chi connectivity index (χ4n) is 2.36. The van der Waals surface area contributed by atoms with Gasteiger partial charge in [-0.25, -0.2) is 4.98 Å². The van der Waals surface area contributed by atoms with Crippen molar-refractivity contribution in [2.75, 3.05) is 5.32 Å². The van der Waals surface area contributed by atoms with Crippen molar-refractivity contribution in [1.29, 1.82) is 0 Å². The third kappa shape index (κ3) is 2.56. The van der Waals surface area contributed by atoms with E-state index in [0.29, 0.717) is 12.2 Å². The van der Waals surface area contributed by atoms with Crippen LogP contribution in [-0.4, -0.2) is 20.7 Å². The monoisotopic (exact) mass is 313 g/mol. The molecule has 6 nitrogen and oxygen atoms in total. The minimum atomic E-state index is -0.200. The number of anilines is 1. The van der Waals surface area contributed by atoms with Crippen molar-refractivity contribution in [2.45, 2.75) is 25.8 Å². The molecule has 0 atom stereocenters. The fraction of sp³-hybridized carbons (Fsp3) is 0.417. The first-order chi connectivity index (χ1) is 9.19. The Morgan fingerprint density at radius 3 is 3.05 bits per heavy atom. The maximum absolute atomic E-state index is 12.1. The normalized spacial score (nSPS) is 12.9. The average Bonchev–Trinajstić information content (AvgIpc) is 3.07. The van der Waals surface area contributed by atoms with Gasteiger partial charge in [-0.3, -0.25) is 9.48 Å². The molecule has 2 aromatic heterocycles. The molecule has 0 bridgehead atoms. The van der Waals surface area contributed by atoms with E-state index in [9.17, 15) is 4.79 Å². The van der Waals surface area contributed by atoms with Gasteiger partial charge in [-0.05, 0) is 19.3 Å². The molecular weight excluding hydrogens is 298 g/mol. The Bertz CT molecular complexity index is 636. The first-order valence-electron chi connectivity index (χ1n) is 6.19. The summed E-state index contributed by atoms with van der Waals surface area (Å²) in [5, 5.41) is 9.83. The number of fused-ring (bicyclic) bond motifs is 1. The maximum Gasteiger partial charge on any atom is 0.276 e. The second kappa shape index (κ2) is 5.90. The van der Waals surface area contributed by atoms with Gasteiger partial charge in [0.05, 0.1) is 5.69 Å². The molecule has 2 heterocycles. The van der Waals surface area contributed by atoms with Crippen LogP contribution < -0.4 is 11.1 Å². The first-order valence-corrected chi connectivity index (χ1v) is 7.07. The van der Waals surface area contributed by atoms with Crippen LogP contribution in [0.2, 0.25) is 0 Å². The van der Waals surface area contributed by atoms with Crippen molar-refractivity contribution >= 4 is 35.5 Å². The summed E-state index contributed by atoms with van der Waals surface area (Å²) in [5.74, 6) is 0.591. The van der Waals surface area contributed by atoms with Gasteiger partial charge in [0.2, 0.25) is 0 Å². The number of aromatic nitrogens is 3. The van der Waals surface area contributed by atoms with Crippen LogP contribution in [0.4, 0.5) is 5.82 Å². The van der Waals surface area contributed by atoms with Crippen molar-refractivity contribution in [1.82, 2.24) is 14.8 Å². The van der Waals surface area contributed by atoms with Crippen molar-refractivity contribution in [3.8, 4) is 0 Å². The van der Waals surface area contributed by atoms with Crippen LogP contribution in [0, 0.1) is 0 Å². The second-order valence-electron chi connectivity index (χ2n) is 4.54. The third-order valence-electron chi connectivity index (χ3n) is 3.26. The third-order valence-corrected chi connectivity index (χ3v) is 4.13. The van der Waals surface area contributed by atoms with Crippen LogP contribution in [0.1, 0.15) is 33.2 Å². The van der Waals surface area contributed by atoms with E-state index >= 15 is 0 Å². The van der Waals surface area contributed by atoms with Gasteiger partial charge in [0.1, 0.15) is 16.5 Å². The lowest BCUT2D eigenvalue weighted by Crippen LogP contribution is -2.16. The van der Waals surface area contributed by atoms with Crippen LogP contribution in [0.5, 0.6) is 0 Å². The molecule has 20 heavy (non-hydrogen) atoms. The highest BCUT2D eigenvalue weighted by Gasteiger charge is 2.23. The van der Waals surface area contributed by atoms with Gasteiger partial charge < -0.3 is 11.1 Å². The summed E-state index contributed by atoms with van der Waals surface area (Å²) in [4.78, 5) is 16.3. The van der Waals surface area contributed by atoms with Crippen LogP contribution in [0.25, 0.3) is 0 Å². The number of carbonyl (C=O) groups is 1. The molecule has 8 heteroatoms. The molecule has 0 radical (unpaired) electrons. The van der Waals surface area contributed by atoms with Crippen LogP contribution in [-0.2, 0) is 26.4 Å². The molecule has 0 unspecified atom stereocenters. The number of carbonyl (C=O) groups excluding carboxylic acids is 1. The van der Waals surface area contributed by atoms with E-state index in [2.05, 4.69) is 15.4 Å². The van der Waals surface area contributed by atoms with Gasteiger partial charge in [-0.15, -0.1) is 23.7 Å². The number of aryl methyl sites for hydroxylation is 2. The molecular formula is C12H16ClN5OS. The Hall–Kier alpha value is -1.44. The van der Waals surface area contributed by atoms with Crippen LogP contribution in [0.3, 0.4) is 0 Å². The first kappa shape index (κ1) is 15.0. The van der Waals surface area contributed by atoms with E-state index < -0.39 is 0 Å². The Kier molecular flexibility index (Phi) is 4.42. The number of nitrogens with zero attached hydrogens (tertiary/aromatic N) is 3. The molecule has 2 aromatic rings. The molecule has 3 rings (SSSR count). The summed E-state index contributed by atoms with van der Waals surface area (Å²) in [6, 6.07) is 0. The zero-order valence-corrected chi connectivity index (χ0v) is 12.7. The Morgan fingerprint density at radius 1 is 1.55 bits per heavy atom. The summed E-state index contributed by atoms with van der Waals surface area (Å²) >= 11 is 1.40. The standard InChI is InChI=1S/C12H15N5OS.ClH/c1-17-11(7-3-2-4-8(7)16-17)15-12(18)9-6-19-10(5-13)14-9;/h6H,2-5,13H2,1H3,(H,15,18);1H. The lowest BCUT2D eigenvalue weighted by Gasteiger charge is -2.05. The highest BCUT2D eigenvalue weighted by molar-refractivity contribution is 7.09. The quantitative estimate of drug-likeness (QED) is 0.899. The SMILES string of the molecule is Cl.Cn1nc2c(c1NC(=O)c1csc(CN)n1)CCC2. The van der Waals surface area contributed by atoms with E-state index in [-0.39, 0.29) is 18.3 Å². The van der Waals surface area contributed by atoms with Crippen molar-refractivity contribution < 1.29 is 4.79 Å². The molecule has 3 N–H and O–H groups in total. The van der Waals surface area contributed by atoms with Crippen molar-refractivity contribution in [3.63, 3.8) is 0 Å². The maximum atomic E-state index is 12.1. The molecule has 0 aliphatic heterocycles. The van der Waals surface area contributed by atoms with E-state index in [1.807, 2.05) is 7.05 Å². The molecule has 1 aliphatic rings. The number of amides is 1. The van der Waals surface area contributed by atoms with Gasteiger partial charge in [0.25, 0.3) is 5.91 Å². The fourth-order valence-corrected chi connectivity index (χ4v) is 3.01. The molecule has 0 fully saturated rings. The number of rotatable bonds is 3. The van der Waals surface area contributed by atoms with Gasteiger partial charge in [0, 0.05) is 24.5 Å². The van der Waals surface area contributed by atoms with Crippen molar-refractivity contribution in [3.05, 3.63) is 27.3 Å². The topological polar surface area (TPSA) is 85.8 Å². The van der Waals surface area contributed by atoms with Gasteiger partial charge >= 0.3 is 0 Å². The zero-order chi connectivity index (χ0) is 13.4. The van der Waals surface area contributed by atoms with E-state index in [4.69, 9.17) is 5.73 Å². The zero-order valence-electron chi connectivity index (χ0n) is 11.0. The number of halogens is 1. The predicted octanol–water partition coefficient (Wildman–Crippen LogP) is 1.50. The van der Waals surface area contributed by atoms with E-state index in [1.165, 1.54) is 11.3 Å². The largest absolute Gasteiger partial charge is 0.325 e. The average molecular weight is 314 g/mol. The number of nitrogens with two attached hydrogens (primary N) is 1. The Balaban J connectivity index is 0.00000147. The molecule has 0 aromatic carbocycles. The summed E-state index contributed by atoms with van der Waals surface area (Å²) in [7, 11) is 1.85. The highest BCUT2D eigenvalue weighted by atomic mass is 35.5. The predicted molar refractivity (Wildman–Crippen MR) is 80.4 cm³/mol. The Morgan fingerprint density at radius 2 is 2.35 bits per heavy atom. The lowest BCUT2D eigenvalue weighted by atomic mass is 10.2. The smallest absolute Gasteiger partial charge is 0.276 e. The number of hydrogen-bond donors (Lipinski definition) is 2. The van der Waals surface area contributed by atoms with Gasteiger partial charge in [-0.1, -0.05) is 0 Å². The minimum Gasteiger partial charge on any atom is -0.325 e. The Labute approximate surface area is 126 Å². The number of nitrogens with one attached hydrogen (secondary N) is 1. The van der Waals surface area contributed by atoms with E-state index in [0.717, 1.165) is 41.3 Å². The number of thiazole rings is 1.